The predicted octanol–water partition coefficient (Wildman–Crippen LogP) is 3.57. The molecule has 4 heteroatoms. The minimum absolute atomic E-state index is 0.0489. The summed E-state index contributed by atoms with van der Waals surface area (Å²) in [5.41, 5.74) is 9.64. The molecular formula is C16H18ClN3. The Morgan fingerprint density at radius 2 is 2.00 bits per heavy atom. The number of nitrogens with one attached hydrogen (secondary N) is 1. The Labute approximate surface area is 124 Å². The van der Waals surface area contributed by atoms with E-state index < -0.39 is 0 Å². The lowest BCUT2D eigenvalue weighted by atomic mass is 10.1. The molecule has 2 aromatic carbocycles. The quantitative estimate of drug-likeness (QED) is 0.667. The second-order valence-electron chi connectivity index (χ2n) is 4.92. The number of nitrogens with two attached hydrogens (primary N) is 1. The number of halogens is 1. The van der Waals surface area contributed by atoms with E-state index in [1.54, 1.807) is 12.1 Å². The molecule has 0 spiro atoms. The Balaban J connectivity index is 2.31. The molecule has 2 aromatic rings. The number of amidine groups is 1. The van der Waals surface area contributed by atoms with Crippen molar-refractivity contribution in [2.75, 3.05) is 11.9 Å². The maximum Gasteiger partial charge on any atom is 0.124 e. The van der Waals surface area contributed by atoms with Gasteiger partial charge in [0.2, 0.25) is 0 Å². The Hall–Kier alpha value is -2.00. The summed E-state index contributed by atoms with van der Waals surface area (Å²) < 4.78 is 0. The van der Waals surface area contributed by atoms with Crippen LogP contribution in [-0.2, 0) is 6.54 Å². The molecule has 0 aliphatic heterocycles. The van der Waals surface area contributed by atoms with Crippen molar-refractivity contribution in [2.24, 2.45) is 5.73 Å². The molecule has 3 nitrogen and oxygen atoms in total. The fourth-order valence-electron chi connectivity index (χ4n) is 2.22. The lowest BCUT2D eigenvalue weighted by molar-refractivity contribution is 0.919. The highest BCUT2D eigenvalue weighted by atomic mass is 35.5. The average Bonchev–Trinajstić information content (AvgIpc) is 2.38. The van der Waals surface area contributed by atoms with Crippen LogP contribution in [0.15, 0.2) is 42.5 Å². The zero-order valence-electron chi connectivity index (χ0n) is 11.7. The monoisotopic (exact) mass is 287 g/mol. The van der Waals surface area contributed by atoms with E-state index >= 15 is 0 Å². The van der Waals surface area contributed by atoms with Gasteiger partial charge in [0, 0.05) is 29.9 Å². The molecule has 3 N–H and O–H groups in total. The van der Waals surface area contributed by atoms with E-state index in [1.165, 1.54) is 11.1 Å². The van der Waals surface area contributed by atoms with Crippen molar-refractivity contribution >= 4 is 23.1 Å². The Kier molecular flexibility index (Phi) is 4.30. The first-order chi connectivity index (χ1) is 9.47. The van der Waals surface area contributed by atoms with E-state index in [9.17, 15) is 0 Å². The van der Waals surface area contributed by atoms with Gasteiger partial charge in [0.25, 0.3) is 0 Å². The second-order valence-corrected chi connectivity index (χ2v) is 5.36. The lowest BCUT2D eigenvalue weighted by Gasteiger charge is -2.22. The van der Waals surface area contributed by atoms with Crippen LogP contribution in [0.1, 0.15) is 16.7 Å². The van der Waals surface area contributed by atoms with Crippen LogP contribution < -0.4 is 10.6 Å². The van der Waals surface area contributed by atoms with Crippen LogP contribution in [0.4, 0.5) is 5.69 Å². The highest BCUT2D eigenvalue weighted by Crippen LogP contribution is 2.25. The van der Waals surface area contributed by atoms with Crippen molar-refractivity contribution in [3.63, 3.8) is 0 Å². The molecule has 0 aromatic heterocycles. The second kappa shape index (κ2) is 5.97. The topological polar surface area (TPSA) is 53.1 Å². The smallest absolute Gasteiger partial charge is 0.124 e. The van der Waals surface area contributed by atoms with Crippen molar-refractivity contribution < 1.29 is 0 Å². The van der Waals surface area contributed by atoms with Gasteiger partial charge in [0.15, 0.2) is 0 Å². The molecular weight excluding hydrogens is 270 g/mol. The number of aryl methyl sites for hydroxylation is 1. The number of nitrogen functional groups attached to an aromatic ring is 1. The van der Waals surface area contributed by atoms with E-state index in [2.05, 4.69) is 30.0 Å². The minimum Gasteiger partial charge on any atom is -0.384 e. The van der Waals surface area contributed by atoms with E-state index in [-0.39, 0.29) is 5.84 Å². The van der Waals surface area contributed by atoms with E-state index in [0.29, 0.717) is 10.6 Å². The Bertz CT molecular complexity index is 637. The first kappa shape index (κ1) is 14.4. The summed E-state index contributed by atoms with van der Waals surface area (Å²) in [5.74, 6) is 0.0489. The number of benzene rings is 2. The number of hydrogen-bond donors (Lipinski definition) is 2. The van der Waals surface area contributed by atoms with Gasteiger partial charge in [-0.3, -0.25) is 5.41 Å². The minimum atomic E-state index is 0.0489. The number of hydrogen-bond acceptors (Lipinski definition) is 2. The first-order valence-electron chi connectivity index (χ1n) is 6.38. The summed E-state index contributed by atoms with van der Waals surface area (Å²) in [6.07, 6.45) is 0. The number of anilines is 1. The zero-order chi connectivity index (χ0) is 14.7. The standard InChI is InChI=1S/C16H18ClN3/c1-11-4-3-5-12(8-11)10-20(2)15-9-13(17)6-7-14(15)16(18)19/h3-9H,10H2,1-2H3,(H3,18,19). The third-order valence-corrected chi connectivity index (χ3v) is 3.40. The van der Waals surface area contributed by atoms with Crippen molar-refractivity contribution in [2.45, 2.75) is 13.5 Å². The first-order valence-corrected chi connectivity index (χ1v) is 6.76. The Morgan fingerprint density at radius 3 is 2.65 bits per heavy atom. The molecule has 0 bridgehead atoms. The number of nitrogens with zero attached hydrogens (tertiary/aromatic N) is 1. The van der Waals surface area contributed by atoms with Gasteiger partial charge in [-0.15, -0.1) is 0 Å². The van der Waals surface area contributed by atoms with Crippen molar-refractivity contribution in [3.05, 3.63) is 64.2 Å². The molecule has 0 radical (unpaired) electrons. The van der Waals surface area contributed by atoms with Gasteiger partial charge in [-0.25, -0.2) is 0 Å². The van der Waals surface area contributed by atoms with E-state index in [0.717, 1.165) is 12.2 Å². The van der Waals surface area contributed by atoms with E-state index in [4.69, 9.17) is 22.7 Å². The van der Waals surface area contributed by atoms with Gasteiger partial charge in [-0.2, -0.15) is 0 Å². The van der Waals surface area contributed by atoms with Crippen molar-refractivity contribution in [3.8, 4) is 0 Å². The van der Waals surface area contributed by atoms with Gasteiger partial charge < -0.3 is 10.6 Å². The van der Waals surface area contributed by atoms with E-state index in [1.807, 2.05) is 19.2 Å². The van der Waals surface area contributed by atoms with Crippen LogP contribution in [0.5, 0.6) is 0 Å². The average molecular weight is 288 g/mol. The third kappa shape index (κ3) is 3.31. The highest BCUT2D eigenvalue weighted by molar-refractivity contribution is 6.31. The van der Waals surface area contributed by atoms with Gasteiger partial charge in [-0.05, 0) is 30.7 Å². The lowest BCUT2D eigenvalue weighted by Crippen LogP contribution is -2.22. The SMILES string of the molecule is Cc1cccc(CN(C)c2cc(Cl)ccc2C(=N)N)c1. The summed E-state index contributed by atoms with van der Waals surface area (Å²) in [4.78, 5) is 2.05. The normalized spacial score (nSPS) is 10.3. The molecule has 0 aliphatic rings. The maximum absolute atomic E-state index is 7.66. The fraction of sp³-hybridized carbons (Fsp3) is 0.188. The molecule has 0 aliphatic carbocycles. The molecule has 0 heterocycles. The van der Waals surface area contributed by atoms with Crippen LogP contribution in [0.2, 0.25) is 5.02 Å². The van der Waals surface area contributed by atoms with Crippen molar-refractivity contribution in [1.82, 2.24) is 0 Å². The molecule has 0 saturated heterocycles. The van der Waals surface area contributed by atoms with Crippen LogP contribution in [0.3, 0.4) is 0 Å². The largest absolute Gasteiger partial charge is 0.384 e. The third-order valence-electron chi connectivity index (χ3n) is 3.16. The predicted molar refractivity (Wildman–Crippen MR) is 85.8 cm³/mol. The van der Waals surface area contributed by atoms with Crippen LogP contribution in [0, 0.1) is 12.3 Å². The summed E-state index contributed by atoms with van der Waals surface area (Å²) in [6, 6.07) is 13.7. The highest BCUT2D eigenvalue weighted by Gasteiger charge is 2.11. The van der Waals surface area contributed by atoms with Crippen LogP contribution in [0.25, 0.3) is 0 Å². The number of rotatable bonds is 4. The van der Waals surface area contributed by atoms with Gasteiger partial charge >= 0.3 is 0 Å². The van der Waals surface area contributed by atoms with Gasteiger partial charge in [0.1, 0.15) is 5.84 Å². The summed E-state index contributed by atoms with van der Waals surface area (Å²) in [6.45, 7) is 2.81. The molecule has 0 amide bonds. The molecule has 0 unspecified atom stereocenters. The summed E-state index contributed by atoms with van der Waals surface area (Å²) in [7, 11) is 1.97. The van der Waals surface area contributed by atoms with Crippen LogP contribution >= 0.6 is 11.6 Å². The zero-order valence-corrected chi connectivity index (χ0v) is 12.4. The van der Waals surface area contributed by atoms with Gasteiger partial charge in [0.05, 0.1) is 0 Å². The van der Waals surface area contributed by atoms with Crippen molar-refractivity contribution in [1.29, 1.82) is 5.41 Å². The van der Waals surface area contributed by atoms with Gasteiger partial charge in [-0.1, -0.05) is 41.4 Å². The summed E-state index contributed by atoms with van der Waals surface area (Å²) in [5, 5.41) is 8.30. The molecule has 20 heavy (non-hydrogen) atoms. The molecule has 0 fully saturated rings. The van der Waals surface area contributed by atoms with Crippen LogP contribution in [-0.4, -0.2) is 12.9 Å². The fourth-order valence-corrected chi connectivity index (χ4v) is 2.38. The molecule has 0 saturated carbocycles. The maximum atomic E-state index is 7.66. The molecule has 104 valence electrons. The Morgan fingerprint density at radius 1 is 1.25 bits per heavy atom. The molecule has 2 rings (SSSR count). The molecule has 0 atom stereocenters. The summed E-state index contributed by atoms with van der Waals surface area (Å²) >= 11 is 6.06.